The van der Waals surface area contributed by atoms with Gasteiger partial charge in [-0.05, 0) is 18.1 Å². The summed E-state index contributed by atoms with van der Waals surface area (Å²) in [5.74, 6) is -2.50. The zero-order valence-corrected chi connectivity index (χ0v) is 14.3. The van der Waals surface area contributed by atoms with E-state index in [0.717, 1.165) is 11.1 Å². The summed E-state index contributed by atoms with van der Waals surface area (Å²) in [6, 6.07) is 7.29. The minimum atomic E-state index is -1.46. The van der Waals surface area contributed by atoms with Crippen LogP contribution in [0.15, 0.2) is 24.3 Å². The maximum absolute atomic E-state index is 14.0. The first kappa shape index (κ1) is 17.4. The molecule has 0 radical (unpaired) electrons. The molecular formula is C18H21FN2O4. The van der Waals surface area contributed by atoms with Crippen molar-refractivity contribution in [1.82, 2.24) is 9.80 Å². The molecule has 6 nitrogen and oxygen atoms in total. The quantitative estimate of drug-likeness (QED) is 0.566. The number of fused-ring (bicyclic) bond motifs is 1. The minimum Gasteiger partial charge on any atom is -0.468 e. The topological polar surface area (TPSA) is 66.9 Å². The lowest BCUT2D eigenvalue weighted by Crippen LogP contribution is -2.48. The highest BCUT2D eigenvalue weighted by molar-refractivity contribution is 6.35. The van der Waals surface area contributed by atoms with Gasteiger partial charge in [0.2, 0.25) is 0 Å². The van der Waals surface area contributed by atoms with E-state index in [1.807, 2.05) is 24.3 Å². The van der Waals surface area contributed by atoms with Crippen molar-refractivity contribution in [2.75, 3.05) is 26.7 Å². The summed E-state index contributed by atoms with van der Waals surface area (Å²) >= 11 is 0. The highest BCUT2D eigenvalue weighted by Gasteiger charge is 2.41. The molecule has 1 aromatic carbocycles. The number of carbonyl (C=O) groups excluding carboxylic acids is 3. The molecule has 0 N–H and O–H groups in total. The van der Waals surface area contributed by atoms with Crippen molar-refractivity contribution < 1.29 is 23.5 Å². The highest BCUT2D eigenvalue weighted by atomic mass is 19.1. The highest BCUT2D eigenvalue weighted by Crippen LogP contribution is 2.30. The van der Waals surface area contributed by atoms with Crippen LogP contribution in [0.4, 0.5) is 4.39 Å². The minimum absolute atomic E-state index is 0.0784. The number of amides is 2. The fourth-order valence-electron chi connectivity index (χ4n) is 3.47. The van der Waals surface area contributed by atoms with Gasteiger partial charge in [-0.2, -0.15) is 0 Å². The number of esters is 1. The van der Waals surface area contributed by atoms with Crippen LogP contribution in [-0.2, 0) is 25.7 Å². The summed E-state index contributed by atoms with van der Waals surface area (Å²) in [5.41, 5.74) is 0.157. The number of nitrogens with zero attached hydrogens (tertiary/aromatic N) is 2. The summed E-state index contributed by atoms with van der Waals surface area (Å²) in [7, 11) is 1.29. The van der Waals surface area contributed by atoms with E-state index in [2.05, 4.69) is 0 Å². The maximum atomic E-state index is 14.0. The molecule has 2 aliphatic rings. The standard InChI is InChI=1S/C18H21FN2O4/c1-18(19)7-8-20(11-18)15(22)16(23)21-9-12-5-3-4-6-13(12)14(10-21)17(24)25-2/h3-6,14H,7-11H2,1-2H3. The normalized spacial score (nSPS) is 25.5. The molecule has 3 rings (SSSR count). The molecule has 0 spiro atoms. The Labute approximate surface area is 145 Å². The number of hydrogen-bond donors (Lipinski definition) is 0. The van der Waals surface area contributed by atoms with Gasteiger partial charge in [0.05, 0.1) is 19.6 Å². The predicted molar refractivity (Wildman–Crippen MR) is 87.3 cm³/mol. The second-order valence-corrected chi connectivity index (χ2v) is 6.85. The zero-order chi connectivity index (χ0) is 18.2. The predicted octanol–water partition coefficient (Wildman–Crippen LogP) is 1.25. The molecule has 2 heterocycles. The van der Waals surface area contributed by atoms with E-state index in [9.17, 15) is 18.8 Å². The maximum Gasteiger partial charge on any atom is 0.314 e. The molecule has 1 fully saturated rings. The Morgan fingerprint density at radius 3 is 2.52 bits per heavy atom. The molecule has 2 unspecified atom stereocenters. The Morgan fingerprint density at radius 1 is 1.20 bits per heavy atom. The van der Waals surface area contributed by atoms with Crippen molar-refractivity contribution in [1.29, 1.82) is 0 Å². The molecular weight excluding hydrogens is 327 g/mol. The van der Waals surface area contributed by atoms with Gasteiger partial charge < -0.3 is 14.5 Å². The Kier molecular flexibility index (Phi) is 4.49. The molecule has 0 saturated carbocycles. The van der Waals surface area contributed by atoms with Crippen LogP contribution in [0.5, 0.6) is 0 Å². The van der Waals surface area contributed by atoms with Gasteiger partial charge in [-0.25, -0.2) is 4.39 Å². The van der Waals surface area contributed by atoms with E-state index in [1.165, 1.54) is 23.8 Å². The van der Waals surface area contributed by atoms with Crippen LogP contribution in [0.1, 0.15) is 30.4 Å². The Balaban J connectivity index is 1.80. The summed E-state index contributed by atoms with van der Waals surface area (Å²) in [5, 5.41) is 0. The number of ether oxygens (including phenoxy) is 1. The van der Waals surface area contributed by atoms with Crippen molar-refractivity contribution in [2.45, 2.75) is 31.5 Å². The molecule has 134 valence electrons. The van der Waals surface area contributed by atoms with Crippen LogP contribution in [0, 0.1) is 0 Å². The Bertz CT molecular complexity index is 719. The van der Waals surface area contributed by atoms with Crippen molar-refractivity contribution in [3.05, 3.63) is 35.4 Å². The number of hydrogen-bond acceptors (Lipinski definition) is 4. The fraction of sp³-hybridized carbons (Fsp3) is 0.500. The molecule has 7 heteroatoms. The number of benzene rings is 1. The molecule has 1 aromatic rings. The molecule has 25 heavy (non-hydrogen) atoms. The largest absolute Gasteiger partial charge is 0.468 e. The van der Waals surface area contributed by atoms with Crippen molar-refractivity contribution in [3.8, 4) is 0 Å². The molecule has 2 aliphatic heterocycles. The van der Waals surface area contributed by atoms with Crippen LogP contribution in [0.3, 0.4) is 0 Å². The van der Waals surface area contributed by atoms with Crippen molar-refractivity contribution >= 4 is 17.8 Å². The van der Waals surface area contributed by atoms with Crippen LogP contribution in [0.2, 0.25) is 0 Å². The van der Waals surface area contributed by atoms with Crippen LogP contribution in [0.25, 0.3) is 0 Å². The number of alkyl halides is 1. The van der Waals surface area contributed by atoms with Gasteiger partial charge in [0.15, 0.2) is 0 Å². The molecule has 0 aliphatic carbocycles. The Hall–Kier alpha value is -2.44. The first-order chi connectivity index (χ1) is 11.8. The van der Waals surface area contributed by atoms with Gasteiger partial charge in [0.25, 0.3) is 0 Å². The molecule has 2 amide bonds. The second-order valence-electron chi connectivity index (χ2n) is 6.85. The number of methoxy groups -OCH3 is 1. The van der Waals surface area contributed by atoms with Gasteiger partial charge in [-0.3, -0.25) is 14.4 Å². The van der Waals surface area contributed by atoms with E-state index in [4.69, 9.17) is 4.74 Å². The number of likely N-dealkylation sites (tertiary alicyclic amines) is 1. The van der Waals surface area contributed by atoms with Gasteiger partial charge in [-0.1, -0.05) is 24.3 Å². The fourth-order valence-corrected chi connectivity index (χ4v) is 3.47. The summed E-state index contributed by atoms with van der Waals surface area (Å²) < 4.78 is 18.8. The van der Waals surface area contributed by atoms with Crippen LogP contribution >= 0.6 is 0 Å². The van der Waals surface area contributed by atoms with E-state index in [-0.39, 0.29) is 32.6 Å². The average molecular weight is 348 g/mol. The van der Waals surface area contributed by atoms with Crippen LogP contribution in [-0.4, -0.2) is 60.0 Å². The number of carbonyl (C=O) groups is 3. The lowest BCUT2D eigenvalue weighted by atomic mass is 9.89. The van der Waals surface area contributed by atoms with E-state index < -0.39 is 29.4 Å². The number of rotatable bonds is 1. The van der Waals surface area contributed by atoms with Crippen molar-refractivity contribution in [3.63, 3.8) is 0 Å². The van der Waals surface area contributed by atoms with Gasteiger partial charge in [0, 0.05) is 26.1 Å². The third kappa shape index (κ3) is 3.36. The molecule has 0 bridgehead atoms. The van der Waals surface area contributed by atoms with E-state index in [0.29, 0.717) is 0 Å². The van der Waals surface area contributed by atoms with Crippen molar-refractivity contribution in [2.24, 2.45) is 0 Å². The average Bonchev–Trinajstić information content (AvgIpc) is 2.98. The number of halogens is 1. The zero-order valence-electron chi connectivity index (χ0n) is 14.3. The smallest absolute Gasteiger partial charge is 0.314 e. The SMILES string of the molecule is COC(=O)C1CN(C(=O)C(=O)N2CCC(C)(F)C2)Cc2ccccc21. The molecule has 1 saturated heterocycles. The lowest BCUT2D eigenvalue weighted by Gasteiger charge is -2.33. The molecule has 0 aromatic heterocycles. The summed E-state index contributed by atoms with van der Waals surface area (Å²) in [6.07, 6.45) is 0.222. The third-order valence-corrected chi connectivity index (χ3v) is 4.86. The molecule has 2 atom stereocenters. The van der Waals surface area contributed by atoms with Gasteiger partial charge >= 0.3 is 17.8 Å². The summed E-state index contributed by atoms with van der Waals surface area (Å²) in [4.78, 5) is 39.8. The lowest BCUT2D eigenvalue weighted by molar-refractivity contribution is -0.153. The first-order valence-corrected chi connectivity index (χ1v) is 8.25. The van der Waals surface area contributed by atoms with E-state index >= 15 is 0 Å². The Morgan fingerprint density at radius 2 is 1.88 bits per heavy atom. The van der Waals surface area contributed by atoms with E-state index in [1.54, 1.807) is 0 Å². The second kappa shape index (κ2) is 6.46. The van der Waals surface area contributed by atoms with Gasteiger partial charge in [0.1, 0.15) is 5.67 Å². The van der Waals surface area contributed by atoms with Gasteiger partial charge in [-0.15, -0.1) is 0 Å². The summed E-state index contributed by atoms with van der Waals surface area (Å²) in [6.45, 7) is 1.89. The van der Waals surface area contributed by atoms with Crippen LogP contribution < -0.4 is 0 Å². The third-order valence-electron chi connectivity index (χ3n) is 4.86. The monoisotopic (exact) mass is 348 g/mol. The first-order valence-electron chi connectivity index (χ1n) is 8.25.